The molecule has 0 radical (unpaired) electrons. The Balaban J connectivity index is 1.36. The SMILES string of the molecule is Clc1ccc2c(c1)CNCc1nnc(C3CC=C(c4cccc5ccccc45)CC3)n1-2. The van der Waals surface area contributed by atoms with Crippen LogP contribution in [0.4, 0.5) is 0 Å². The van der Waals surface area contributed by atoms with Crippen LogP contribution in [0.25, 0.3) is 22.0 Å². The van der Waals surface area contributed by atoms with Crippen molar-refractivity contribution in [3.8, 4) is 5.69 Å². The number of nitrogens with zero attached hydrogens (tertiary/aromatic N) is 3. The summed E-state index contributed by atoms with van der Waals surface area (Å²) >= 11 is 6.26. The van der Waals surface area contributed by atoms with Gasteiger partial charge in [-0.1, -0.05) is 60.1 Å². The molecule has 1 aromatic heterocycles. The summed E-state index contributed by atoms with van der Waals surface area (Å²) < 4.78 is 2.26. The summed E-state index contributed by atoms with van der Waals surface area (Å²) in [5.74, 6) is 2.40. The Bertz CT molecular complexity index is 1310. The fraction of sp³-hybridized carbons (Fsp3) is 0.231. The molecule has 2 heterocycles. The number of hydrogen-bond donors (Lipinski definition) is 1. The van der Waals surface area contributed by atoms with Gasteiger partial charge in [-0.25, -0.2) is 0 Å². The topological polar surface area (TPSA) is 42.7 Å². The highest BCUT2D eigenvalue weighted by atomic mass is 35.5. The van der Waals surface area contributed by atoms with Gasteiger partial charge >= 0.3 is 0 Å². The van der Waals surface area contributed by atoms with E-state index in [-0.39, 0.29) is 0 Å². The fourth-order valence-electron chi connectivity index (χ4n) is 5.01. The van der Waals surface area contributed by atoms with Crippen molar-refractivity contribution in [3.05, 3.63) is 94.5 Å². The number of allylic oxidation sites excluding steroid dienone is 2. The van der Waals surface area contributed by atoms with Crippen molar-refractivity contribution >= 4 is 27.9 Å². The Hall–Kier alpha value is -2.95. The standard InChI is InChI=1S/C26H23ClN4/c27-21-12-13-24-20(14-21)15-28-16-25-29-30-26(31(24)25)19-10-8-18(9-11-19)23-7-3-5-17-4-1-2-6-22(17)23/h1-8,12-14,19,28H,9-11,15-16H2. The van der Waals surface area contributed by atoms with Gasteiger partial charge in [0.1, 0.15) is 5.82 Å². The molecule has 4 nitrogen and oxygen atoms in total. The molecule has 1 unspecified atom stereocenters. The zero-order valence-corrected chi connectivity index (χ0v) is 17.9. The van der Waals surface area contributed by atoms with Crippen molar-refractivity contribution in [2.45, 2.75) is 38.3 Å². The molecule has 0 bridgehead atoms. The molecule has 1 atom stereocenters. The van der Waals surface area contributed by atoms with E-state index in [9.17, 15) is 0 Å². The molecule has 1 aliphatic heterocycles. The lowest BCUT2D eigenvalue weighted by Crippen LogP contribution is -2.13. The number of benzene rings is 3. The first-order chi connectivity index (χ1) is 15.3. The molecule has 1 aliphatic carbocycles. The molecule has 0 amide bonds. The first kappa shape index (κ1) is 18.8. The summed E-state index contributed by atoms with van der Waals surface area (Å²) in [6.07, 6.45) is 5.51. The molecule has 5 heteroatoms. The summed E-state index contributed by atoms with van der Waals surface area (Å²) in [6.45, 7) is 1.50. The molecule has 0 spiro atoms. The third-order valence-corrected chi connectivity index (χ3v) is 6.78. The third-order valence-electron chi connectivity index (χ3n) is 6.55. The van der Waals surface area contributed by atoms with Gasteiger partial charge in [0.05, 0.1) is 12.2 Å². The van der Waals surface area contributed by atoms with E-state index >= 15 is 0 Å². The number of hydrogen-bond acceptors (Lipinski definition) is 3. The van der Waals surface area contributed by atoms with Gasteiger partial charge in [0.25, 0.3) is 0 Å². The molecule has 6 rings (SSSR count). The quantitative estimate of drug-likeness (QED) is 0.425. The van der Waals surface area contributed by atoms with Crippen LogP contribution in [0.5, 0.6) is 0 Å². The molecule has 3 aromatic carbocycles. The molecule has 1 N–H and O–H groups in total. The van der Waals surface area contributed by atoms with Gasteiger partial charge in [-0.3, -0.25) is 4.57 Å². The maximum absolute atomic E-state index is 6.26. The Morgan fingerprint density at radius 1 is 0.968 bits per heavy atom. The van der Waals surface area contributed by atoms with Gasteiger partial charge in [0, 0.05) is 17.5 Å². The molecule has 0 saturated carbocycles. The minimum Gasteiger partial charge on any atom is -0.306 e. The number of aromatic nitrogens is 3. The van der Waals surface area contributed by atoms with E-state index in [2.05, 4.69) is 74.7 Å². The van der Waals surface area contributed by atoms with E-state index in [0.717, 1.165) is 48.2 Å². The van der Waals surface area contributed by atoms with E-state index in [1.807, 2.05) is 12.1 Å². The lowest BCUT2D eigenvalue weighted by Gasteiger charge is -2.23. The van der Waals surface area contributed by atoms with Gasteiger partial charge in [-0.2, -0.15) is 0 Å². The number of fused-ring (bicyclic) bond motifs is 4. The van der Waals surface area contributed by atoms with Crippen LogP contribution in [-0.2, 0) is 13.1 Å². The first-order valence-corrected chi connectivity index (χ1v) is 11.3. The summed E-state index contributed by atoms with van der Waals surface area (Å²) in [6, 6.07) is 21.4. The van der Waals surface area contributed by atoms with Crippen molar-refractivity contribution in [1.29, 1.82) is 0 Å². The zero-order chi connectivity index (χ0) is 20.8. The van der Waals surface area contributed by atoms with Crippen LogP contribution >= 0.6 is 11.6 Å². The zero-order valence-electron chi connectivity index (χ0n) is 17.2. The first-order valence-electron chi connectivity index (χ1n) is 10.9. The summed E-state index contributed by atoms with van der Waals surface area (Å²) in [4.78, 5) is 0. The second-order valence-electron chi connectivity index (χ2n) is 8.41. The largest absolute Gasteiger partial charge is 0.306 e. The van der Waals surface area contributed by atoms with Gasteiger partial charge < -0.3 is 5.32 Å². The average Bonchev–Trinajstić information content (AvgIpc) is 3.14. The Kier molecular flexibility index (Phi) is 4.62. The molecule has 0 fully saturated rings. The normalized spacial score (nSPS) is 18.2. The Morgan fingerprint density at radius 2 is 1.87 bits per heavy atom. The van der Waals surface area contributed by atoms with Crippen LogP contribution in [0.1, 0.15) is 48.0 Å². The van der Waals surface area contributed by atoms with Crippen molar-refractivity contribution < 1.29 is 0 Å². The molecule has 31 heavy (non-hydrogen) atoms. The van der Waals surface area contributed by atoms with E-state index < -0.39 is 0 Å². The van der Waals surface area contributed by atoms with Gasteiger partial charge in [0.15, 0.2) is 5.82 Å². The van der Waals surface area contributed by atoms with Crippen LogP contribution in [0.3, 0.4) is 0 Å². The molecule has 0 saturated heterocycles. The van der Waals surface area contributed by atoms with Crippen LogP contribution in [-0.4, -0.2) is 14.8 Å². The van der Waals surface area contributed by atoms with Crippen LogP contribution in [0, 0.1) is 0 Å². The molecule has 154 valence electrons. The van der Waals surface area contributed by atoms with E-state index in [4.69, 9.17) is 11.6 Å². The minimum absolute atomic E-state index is 0.363. The smallest absolute Gasteiger partial charge is 0.151 e. The fourth-order valence-corrected chi connectivity index (χ4v) is 5.21. The van der Waals surface area contributed by atoms with Crippen molar-refractivity contribution in [1.82, 2.24) is 20.1 Å². The molecule has 4 aromatic rings. The second kappa shape index (κ2) is 7.63. The monoisotopic (exact) mass is 426 g/mol. The number of nitrogens with one attached hydrogen (secondary N) is 1. The molecule has 2 aliphatic rings. The van der Waals surface area contributed by atoms with E-state index in [1.54, 1.807) is 0 Å². The highest BCUT2D eigenvalue weighted by molar-refractivity contribution is 6.30. The lowest BCUT2D eigenvalue weighted by molar-refractivity contribution is 0.576. The average molecular weight is 427 g/mol. The highest BCUT2D eigenvalue weighted by Crippen LogP contribution is 2.39. The van der Waals surface area contributed by atoms with E-state index in [1.165, 1.54) is 27.5 Å². The predicted octanol–water partition coefficient (Wildman–Crippen LogP) is 6.03. The van der Waals surface area contributed by atoms with Gasteiger partial charge in [0.2, 0.25) is 0 Å². The van der Waals surface area contributed by atoms with Crippen LogP contribution in [0.15, 0.2) is 66.7 Å². The number of rotatable bonds is 2. The second-order valence-corrected chi connectivity index (χ2v) is 8.85. The maximum Gasteiger partial charge on any atom is 0.151 e. The van der Waals surface area contributed by atoms with E-state index in [0.29, 0.717) is 12.5 Å². The van der Waals surface area contributed by atoms with Gasteiger partial charge in [-0.05, 0) is 64.9 Å². The van der Waals surface area contributed by atoms with Crippen LogP contribution in [0.2, 0.25) is 5.02 Å². The minimum atomic E-state index is 0.363. The molecular weight excluding hydrogens is 404 g/mol. The predicted molar refractivity (Wildman–Crippen MR) is 125 cm³/mol. The summed E-state index contributed by atoms with van der Waals surface area (Å²) in [7, 11) is 0. The van der Waals surface area contributed by atoms with Crippen molar-refractivity contribution in [2.24, 2.45) is 0 Å². The van der Waals surface area contributed by atoms with Crippen molar-refractivity contribution in [2.75, 3.05) is 0 Å². The van der Waals surface area contributed by atoms with Crippen molar-refractivity contribution in [3.63, 3.8) is 0 Å². The Morgan fingerprint density at radius 3 is 2.77 bits per heavy atom. The summed E-state index contributed by atoms with van der Waals surface area (Å²) in [5, 5.41) is 16.0. The summed E-state index contributed by atoms with van der Waals surface area (Å²) in [5.41, 5.74) is 5.14. The third kappa shape index (κ3) is 3.27. The highest BCUT2D eigenvalue weighted by Gasteiger charge is 2.27. The maximum atomic E-state index is 6.26. The van der Waals surface area contributed by atoms with Gasteiger partial charge in [-0.15, -0.1) is 10.2 Å². The number of halogens is 1. The lowest BCUT2D eigenvalue weighted by atomic mass is 9.84. The molecular formula is C26H23ClN4. The Labute approximate surface area is 186 Å². The van der Waals surface area contributed by atoms with Crippen LogP contribution < -0.4 is 5.32 Å².